The van der Waals surface area contributed by atoms with Crippen LogP contribution in [0.3, 0.4) is 0 Å². The minimum atomic E-state index is -0.290. The van der Waals surface area contributed by atoms with Crippen molar-refractivity contribution < 1.29 is 9.59 Å². The number of likely N-dealkylation sites (tertiary alicyclic amines) is 1. The Morgan fingerprint density at radius 2 is 2.07 bits per heavy atom. The van der Waals surface area contributed by atoms with Gasteiger partial charge in [0.1, 0.15) is 0 Å². The minimum Gasteiger partial charge on any atom is -0.337 e. The molecule has 0 aromatic heterocycles. The summed E-state index contributed by atoms with van der Waals surface area (Å²) in [5, 5.41) is 13.1. The van der Waals surface area contributed by atoms with E-state index >= 15 is 0 Å². The normalized spacial score (nSPS) is 25.3. The fourth-order valence-corrected chi connectivity index (χ4v) is 5.43. The molecule has 2 aliphatic heterocycles. The Labute approximate surface area is 178 Å². The predicted molar refractivity (Wildman–Crippen MR) is 114 cm³/mol. The molecule has 0 aliphatic carbocycles. The van der Waals surface area contributed by atoms with E-state index in [-0.39, 0.29) is 42.0 Å². The first-order chi connectivity index (χ1) is 13.4. The SMILES string of the molecule is C[C@@H]1CCC[C@H](C)N1C(=O)CSC1=C(C#N)[C@H](c2cccc(Br)c2)CC(=O)N1. The molecule has 2 aliphatic rings. The Bertz CT molecular complexity index is 838. The molecule has 1 aromatic carbocycles. The second-order valence-corrected chi connectivity index (χ2v) is 9.33. The van der Waals surface area contributed by atoms with Crippen LogP contribution in [0.4, 0.5) is 0 Å². The van der Waals surface area contributed by atoms with Gasteiger partial charge >= 0.3 is 0 Å². The molecule has 7 heteroatoms. The largest absolute Gasteiger partial charge is 0.337 e. The number of halogens is 1. The number of amides is 2. The van der Waals surface area contributed by atoms with Gasteiger partial charge in [0.2, 0.25) is 11.8 Å². The molecule has 1 saturated heterocycles. The number of nitriles is 1. The molecule has 3 rings (SSSR count). The standard InChI is InChI=1S/C21H24BrN3O2S/c1-13-5-3-6-14(2)25(13)20(27)12-28-21-18(11-23)17(10-19(26)24-21)15-7-4-8-16(22)9-15/h4,7-9,13-14,17H,3,5-6,10,12H2,1-2H3,(H,24,26)/t13-,14+,17-/m0/s1. The lowest BCUT2D eigenvalue weighted by Gasteiger charge is -2.39. The molecule has 1 aromatic rings. The third-order valence-corrected chi connectivity index (χ3v) is 6.92. The highest BCUT2D eigenvalue weighted by atomic mass is 79.9. The molecule has 0 bridgehead atoms. The van der Waals surface area contributed by atoms with Crippen molar-refractivity contribution in [2.24, 2.45) is 0 Å². The Kier molecular flexibility index (Phi) is 6.84. The fourth-order valence-electron chi connectivity index (χ4n) is 4.06. The molecule has 0 radical (unpaired) electrons. The summed E-state index contributed by atoms with van der Waals surface area (Å²) in [5.74, 6) is -0.130. The van der Waals surface area contributed by atoms with E-state index < -0.39 is 0 Å². The second kappa shape index (κ2) is 9.15. The minimum absolute atomic E-state index is 0.0633. The third kappa shape index (κ3) is 4.61. The number of rotatable bonds is 4. The van der Waals surface area contributed by atoms with Crippen LogP contribution in [0.15, 0.2) is 39.3 Å². The van der Waals surface area contributed by atoms with E-state index in [0.717, 1.165) is 29.3 Å². The first-order valence-corrected chi connectivity index (χ1v) is 11.3. The van der Waals surface area contributed by atoms with Gasteiger partial charge in [-0.1, -0.05) is 39.8 Å². The van der Waals surface area contributed by atoms with E-state index in [1.807, 2.05) is 29.2 Å². The number of hydrogen-bond donors (Lipinski definition) is 1. The quantitative estimate of drug-likeness (QED) is 0.724. The molecule has 0 spiro atoms. The van der Waals surface area contributed by atoms with Crippen LogP contribution in [0.1, 0.15) is 51.0 Å². The Hall–Kier alpha value is -1.78. The van der Waals surface area contributed by atoms with Gasteiger partial charge in [0.05, 0.1) is 22.4 Å². The number of carbonyl (C=O) groups is 2. The molecular weight excluding hydrogens is 438 g/mol. The van der Waals surface area contributed by atoms with Crippen LogP contribution in [-0.4, -0.2) is 34.6 Å². The van der Waals surface area contributed by atoms with Gasteiger partial charge in [-0.3, -0.25) is 9.59 Å². The summed E-state index contributed by atoms with van der Waals surface area (Å²) in [6, 6.07) is 10.4. The number of nitrogens with zero attached hydrogens (tertiary/aromatic N) is 2. The molecular formula is C21H24BrN3O2S. The Balaban J connectivity index is 1.79. The van der Waals surface area contributed by atoms with Crippen LogP contribution >= 0.6 is 27.7 Å². The van der Waals surface area contributed by atoms with E-state index in [1.54, 1.807) is 0 Å². The van der Waals surface area contributed by atoms with Crippen molar-refractivity contribution >= 4 is 39.5 Å². The summed E-state index contributed by atoms with van der Waals surface area (Å²) in [6.07, 6.45) is 3.42. The number of piperidine rings is 1. The number of allylic oxidation sites excluding steroid dienone is 1. The first kappa shape index (κ1) is 20.9. The van der Waals surface area contributed by atoms with Gasteiger partial charge in [-0.2, -0.15) is 5.26 Å². The average molecular weight is 462 g/mol. The summed E-state index contributed by atoms with van der Waals surface area (Å²) < 4.78 is 0.908. The van der Waals surface area contributed by atoms with Crippen LogP contribution in [0.25, 0.3) is 0 Å². The summed E-state index contributed by atoms with van der Waals surface area (Å²) in [4.78, 5) is 27.1. The van der Waals surface area contributed by atoms with Gasteiger partial charge in [-0.05, 0) is 50.8 Å². The summed E-state index contributed by atoms with van der Waals surface area (Å²) in [6.45, 7) is 4.17. The third-order valence-electron chi connectivity index (χ3n) is 5.43. The molecule has 2 heterocycles. The topological polar surface area (TPSA) is 73.2 Å². The van der Waals surface area contributed by atoms with Gasteiger partial charge in [-0.25, -0.2) is 0 Å². The zero-order valence-electron chi connectivity index (χ0n) is 16.1. The molecule has 2 amide bonds. The molecule has 148 valence electrons. The lowest BCUT2D eigenvalue weighted by molar-refractivity contribution is -0.134. The average Bonchev–Trinajstić information content (AvgIpc) is 2.65. The number of hydrogen-bond acceptors (Lipinski definition) is 4. The summed E-state index contributed by atoms with van der Waals surface area (Å²) in [7, 11) is 0. The molecule has 0 unspecified atom stereocenters. The van der Waals surface area contributed by atoms with Crippen molar-refractivity contribution in [3.63, 3.8) is 0 Å². The zero-order valence-corrected chi connectivity index (χ0v) is 18.5. The Morgan fingerprint density at radius 3 is 2.71 bits per heavy atom. The molecule has 3 atom stereocenters. The van der Waals surface area contributed by atoms with Gasteiger partial charge in [0, 0.05) is 28.9 Å². The number of carbonyl (C=O) groups excluding carboxylic acids is 2. The smallest absolute Gasteiger partial charge is 0.233 e. The summed E-state index contributed by atoms with van der Waals surface area (Å²) in [5.41, 5.74) is 1.44. The summed E-state index contributed by atoms with van der Waals surface area (Å²) >= 11 is 4.72. The molecule has 5 nitrogen and oxygen atoms in total. The van der Waals surface area contributed by atoms with Gasteiger partial charge < -0.3 is 10.2 Å². The van der Waals surface area contributed by atoms with Gasteiger partial charge in [-0.15, -0.1) is 0 Å². The molecule has 1 N–H and O–H groups in total. The maximum atomic E-state index is 12.8. The van der Waals surface area contributed by atoms with E-state index in [9.17, 15) is 14.9 Å². The van der Waals surface area contributed by atoms with Crippen molar-refractivity contribution in [1.82, 2.24) is 10.2 Å². The van der Waals surface area contributed by atoms with Crippen molar-refractivity contribution in [2.45, 2.75) is 57.5 Å². The van der Waals surface area contributed by atoms with E-state index in [0.29, 0.717) is 10.6 Å². The van der Waals surface area contributed by atoms with Crippen LogP contribution in [0.2, 0.25) is 0 Å². The first-order valence-electron chi connectivity index (χ1n) is 9.54. The van der Waals surface area contributed by atoms with E-state index in [2.05, 4.69) is 41.2 Å². The maximum Gasteiger partial charge on any atom is 0.233 e. The highest BCUT2D eigenvalue weighted by molar-refractivity contribution is 9.10. The Morgan fingerprint density at radius 1 is 1.36 bits per heavy atom. The van der Waals surface area contributed by atoms with Crippen molar-refractivity contribution in [1.29, 1.82) is 5.26 Å². The molecule has 1 fully saturated rings. The van der Waals surface area contributed by atoms with Crippen LogP contribution < -0.4 is 5.32 Å². The second-order valence-electron chi connectivity index (χ2n) is 7.43. The maximum absolute atomic E-state index is 12.8. The number of benzene rings is 1. The zero-order chi connectivity index (χ0) is 20.3. The van der Waals surface area contributed by atoms with Crippen LogP contribution in [0.5, 0.6) is 0 Å². The highest BCUT2D eigenvalue weighted by Gasteiger charge is 2.32. The van der Waals surface area contributed by atoms with Gasteiger partial charge in [0.25, 0.3) is 0 Å². The molecule has 28 heavy (non-hydrogen) atoms. The van der Waals surface area contributed by atoms with Crippen molar-refractivity contribution in [3.05, 3.63) is 44.9 Å². The van der Waals surface area contributed by atoms with Gasteiger partial charge in [0.15, 0.2) is 0 Å². The van der Waals surface area contributed by atoms with E-state index in [4.69, 9.17) is 0 Å². The van der Waals surface area contributed by atoms with E-state index in [1.165, 1.54) is 11.8 Å². The number of nitrogens with one attached hydrogen (secondary N) is 1. The monoisotopic (exact) mass is 461 g/mol. The lowest BCUT2D eigenvalue weighted by atomic mass is 9.87. The number of thioether (sulfide) groups is 1. The predicted octanol–water partition coefficient (Wildman–Crippen LogP) is 4.31. The van der Waals surface area contributed by atoms with Crippen LogP contribution in [-0.2, 0) is 9.59 Å². The fraction of sp³-hybridized carbons (Fsp3) is 0.476. The van der Waals surface area contributed by atoms with Crippen LogP contribution in [0, 0.1) is 11.3 Å². The highest BCUT2D eigenvalue weighted by Crippen LogP contribution is 2.37. The molecule has 0 saturated carbocycles. The lowest BCUT2D eigenvalue weighted by Crippen LogP contribution is -2.48. The van der Waals surface area contributed by atoms with Crippen molar-refractivity contribution in [2.75, 3.05) is 5.75 Å². The van der Waals surface area contributed by atoms with Crippen molar-refractivity contribution in [3.8, 4) is 6.07 Å².